The molecule has 1 heterocycles. The molecule has 1 rings (SSSR count). The topological polar surface area (TPSA) is 81.7 Å². The Morgan fingerprint density at radius 1 is 1.37 bits per heavy atom. The number of aliphatic carboxylic acids is 1. The molecule has 0 saturated carbocycles. The van der Waals surface area contributed by atoms with E-state index in [0.717, 1.165) is 32.4 Å². The van der Waals surface area contributed by atoms with E-state index in [9.17, 15) is 9.59 Å². The summed E-state index contributed by atoms with van der Waals surface area (Å²) in [6, 6.07) is 0.458. The average molecular weight is 271 g/mol. The van der Waals surface area contributed by atoms with Crippen LogP contribution in [0, 0.1) is 0 Å². The molecular weight excluding hydrogens is 246 g/mol. The lowest BCUT2D eigenvalue weighted by molar-refractivity contribution is -0.137. The van der Waals surface area contributed by atoms with Crippen molar-refractivity contribution in [2.75, 3.05) is 33.2 Å². The molecule has 0 radical (unpaired) electrons. The van der Waals surface area contributed by atoms with E-state index in [1.807, 2.05) is 7.05 Å². The molecule has 1 saturated heterocycles. The molecule has 19 heavy (non-hydrogen) atoms. The Hall–Kier alpha value is -1.14. The number of nitrogens with one attached hydrogen (secondary N) is 2. The highest BCUT2D eigenvalue weighted by Gasteiger charge is 2.18. The van der Waals surface area contributed by atoms with Crippen LogP contribution in [0.1, 0.15) is 32.1 Å². The highest BCUT2D eigenvalue weighted by Crippen LogP contribution is 2.11. The molecule has 6 heteroatoms. The van der Waals surface area contributed by atoms with Crippen molar-refractivity contribution >= 4 is 11.9 Å². The zero-order valence-corrected chi connectivity index (χ0v) is 11.7. The first-order chi connectivity index (χ1) is 9.09. The summed E-state index contributed by atoms with van der Waals surface area (Å²) >= 11 is 0. The van der Waals surface area contributed by atoms with Crippen LogP contribution in [0.15, 0.2) is 0 Å². The molecule has 6 nitrogen and oxygen atoms in total. The number of carboxylic acid groups (broad SMARTS) is 1. The van der Waals surface area contributed by atoms with Gasteiger partial charge in [-0.05, 0) is 45.8 Å². The van der Waals surface area contributed by atoms with E-state index >= 15 is 0 Å². The zero-order chi connectivity index (χ0) is 14.1. The number of nitrogens with zero attached hydrogens (tertiary/aromatic N) is 1. The van der Waals surface area contributed by atoms with E-state index in [1.54, 1.807) is 0 Å². The van der Waals surface area contributed by atoms with Crippen LogP contribution >= 0.6 is 0 Å². The molecule has 3 N–H and O–H groups in total. The largest absolute Gasteiger partial charge is 0.481 e. The lowest BCUT2D eigenvalue weighted by Gasteiger charge is -2.26. The van der Waals surface area contributed by atoms with Crippen molar-refractivity contribution in [3.63, 3.8) is 0 Å². The quantitative estimate of drug-likeness (QED) is 0.570. The molecule has 1 atom stereocenters. The Bertz CT molecular complexity index is 289. The summed E-state index contributed by atoms with van der Waals surface area (Å²) < 4.78 is 0. The van der Waals surface area contributed by atoms with Crippen LogP contribution in [0.2, 0.25) is 0 Å². The Morgan fingerprint density at radius 2 is 2.16 bits per heavy atom. The molecule has 0 aromatic carbocycles. The molecule has 110 valence electrons. The fraction of sp³-hybridized carbons (Fsp3) is 0.846. The lowest BCUT2D eigenvalue weighted by Crippen LogP contribution is -2.41. The van der Waals surface area contributed by atoms with Crippen LogP contribution in [0.4, 0.5) is 0 Å². The van der Waals surface area contributed by atoms with Crippen molar-refractivity contribution < 1.29 is 14.7 Å². The predicted octanol–water partition coefficient (Wildman–Crippen LogP) is 0.0413. The zero-order valence-electron chi connectivity index (χ0n) is 11.7. The van der Waals surface area contributed by atoms with Crippen LogP contribution < -0.4 is 10.6 Å². The third-order valence-corrected chi connectivity index (χ3v) is 3.45. The van der Waals surface area contributed by atoms with Gasteiger partial charge in [-0.3, -0.25) is 14.5 Å². The number of hydrogen-bond donors (Lipinski definition) is 3. The summed E-state index contributed by atoms with van der Waals surface area (Å²) in [6.45, 7) is 2.89. The summed E-state index contributed by atoms with van der Waals surface area (Å²) in [5.41, 5.74) is 0. The molecule has 0 bridgehead atoms. The van der Waals surface area contributed by atoms with Gasteiger partial charge in [0.1, 0.15) is 0 Å². The van der Waals surface area contributed by atoms with E-state index < -0.39 is 5.97 Å². The summed E-state index contributed by atoms with van der Waals surface area (Å²) in [5, 5.41) is 14.6. The fourth-order valence-electron chi connectivity index (χ4n) is 2.32. The van der Waals surface area contributed by atoms with Crippen molar-refractivity contribution in [2.45, 2.75) is 38.1 Å². The van der Waals surface area contributed by atoms with Gasteiger partial charge >= 0.3 is 5.97 Å². The van der Waals surface area contributed by atoms with Gasteiger partial charge in [0.25, 0.3) is 0 Å². The van der Waals surface area contributed by atoms with Crippen LogP contribution in [-0.4, -0.2) is 61.2 Å². The van der Waals surface area contributed by atoms with Crippen LogP contribution in [0.3, 0.4) is 0 Å². The Labute approximate surface area is 114 Å². The second kappa shape index (κ2) is 8.87. The maximum Gasteiger partial charge on any atom is 0.303 e. The fourth-order valence-corrected chi connectivity index (χ4v) is 2.32. The van der Waals surface area contributed by atoms with Gasteiger partial charge in [-0.2, -0.15) is 0 Å². The monoisotopic (exact) mass is 271 g/mol. The summed E-state index contributed by atoms with van der Waals surface area (Å²) in [6.07, 6.45) is 3.93. The smallest absolute Gasteiger partial charge is 0.303 e. The van der Waals surface area contributed by atoms with Gasteiger partial charge in [0.05, 0.1) is 6.54 Å². The normalized spacial score (nSPS) is 20.0. The Morgan fingerprint density at radius 3 is 2.89 bits per heavy atom. The first kappa shape index (κ1) is 15.9. The van der Waals surface area contributed by atoms with Crippen molar-refractivity contribution in [1.29, 1.82) is 0 Å². The number of carboxylic acids is 1. The van der Waals surface area contributed by atoms with Crippen LogP contribution in [0.5, 0.6) is 0 Å². The number of hydrogen-bond acceptors (Lipinski definition) is 4. The van der Waals surface area contributed by atoms with Crippen molar-refractivity contribution in [3.8, 4) is 0 Å². The molecule has 0 spiro atoms. The molecule has 1 fully saturated rings. The SMILES string of the molecule is CN(CC(=O)NCCCC(=O)O)C1CCCNCC1. The number of rotatable bonds is 7. The number of carbonyl (C=O) groups excluding carboxylic acids is 1. The molecule has 0 aliphatic carbocycles. The number of likely N-dealkylation sites (N-methyl/N-ethyl adjacent to an activating group) is 1. The molecule has 1 unspecified atom stereocenters. The molecule has 0 aromatic rings. The van der Waals surface area contributed by atoms with Gasteiger partial charge in [-0.15, -0.1) is 0 Å². The Balaban J connectivity index is 2.17. The molecule has 1 aliphatic rings. The minimum Gasteiger partial charge on any atom is -0.481 e. The first-order valence-corrected chi connectivity index (χ1v) is 6.99. The second-order valence-electron chi connectivity index (χ2n) is 5.10. The van der Waals surface area contributed by atoms with Crippen molar-refractivity contribution in [2.24, 2.45) is 0 Å². The maximum absolute atomic E-state index is 11.7. The molecule has 1 aliphatic heterocycles. The number of amides is 1. The van der Waals surface area contributed by atoms with E-state index in [1.165, 1.54) is 0 Å². The highest BCUT2D eigenvalue weighted by molar-refractivity contribution is 5.78. The maximum atomic E-state index is 11.7. The van der Waals surface area contributed by atoms with Gasteiger partial charge in [0, 0.05) is 19.0 Å². The second-order valence-corrected chi connectivity index (χ2v) is 5.10. The van der Waals surface area contributed by atoms with Crippen LogP contribution in [-0.2, 0) is 9.59 Å². The lowest BCUT2D eigenvalue weighted by atomic mass is 10.1. The Kier molecular flexibility index (Phi) is 7.43. The molecular formula is C13H25N3O3. The van der Waals surface area contributed by atoms with Crippen molar-refractivity contribution in [1.82, 2.24) is 15.5 Å². The summed E-state index contributed by atoms with van der Waals surface area (Å²) in [5.74, 6) is -0.845. The molecule has 0 aromatic heterocycles. The summed E-state index contributed by atoms with van der Waals surface area (Å²) in [4.78, 5) is 24.1. The minimum absolute atomic E-state index is 0.0231. The van der Waals surface area contributed by atoms with Gasteiger partial charge in [0.2, 0.25) is 5.91 Å². The third-order valence-electron chi connectivity index (χ3n) is 3.45. The van der Waals surface area contributed by atoms with Gasteiger partial charge in [-0.1, -0.05) is 0 Å². The van der Waals surface area contributed by atoms with Gasteiger partial charge < -0.3 is 15.7 Å². The first-order valence-electron chi connectivity index (χ1n) is 6.99. The van der Waals surface area contributed by atoms with E-state index in [-0.39, 0.29) is 12.3 Å². The van der Waals surface area contributed by atoms with Crippen LogP contribution in [0.25, 0.3) is 0 Å². The van der Waals surface area contributed by atoms with Gasteiger partial charge in [-0.25, -0.2) is 0 Å². The standard InChI is InChI=1S/C13H25N3O3/c1-16(11-4-2-7-14-9-6-11)10-12(17)15-8-3-5-13(18)19/h11,14H,2-10H2,1H3,(H,15,17)(H,18,19). The predicted molar refractivity (Wildman–Crippen MR) is 73.0 cm³/mol. The number of carbonyl (C=O) groups is 2. The summed E-state index contributed by atoms with van der Waals surface area (Å²) in [7, 11) is 1.98. The van der Waals surface area contributed by atoms with E-state index in [2.05, 4.69) is 15.5 Å². The average Bonchev–Trinajstić information content (AvgIpc) is 2.63. The molecule has 1 amide bonds. The van der Waals surface area contributed by atoms with E-state index in [0.29, 0.717) is 25.6 Å². The highest BCUT2D eigenvalue weighted by atomic mass is 16.4. The minimum atomic E-state index is -0.822. The third kappa shape index (κ3) is 7.12. The van der Waals surface area contributed by atoms with Crippen molar-refractivity contribution in [3.05, 3.63) is 0 Å². The van der Waals surface area contributed by atoms with Gasteiger partial charge in [0.15, 0.2) is 0 Å². The van der Waals surface area contributed by atoms with E-state index in [4.69, 9.17) is 5.11 Å².